The summed E-state index contributed by atoms with van der Waals surface area (Å²) in [6, 6.07) is 0. The fourth-order valence-corrected chi connectivity index (χ4v) is 3.52. The highest BCUT2D eigenvalue weighted by Gasteiger charge is 2.31. The average molecular weight is 225 g/mol. The van der Waals surface area contributed by atoms with Crippen molar-refractivity contribution < 1.29 is 5.11 Å². The maximum absolute atomic E-state index is 9.59. The van der Waals surface area contributed by atoms with Crippen molar-refractivity contribution >= 4 is 11.3 Å². The molecule has 1 heterocycles. The van der Waals surface area contributed by atoms with Gasteiger partial charge in [-0.3, -0.25) is 0 Å². The Morgan fingerprint density at radius 1 is 1.40 bits per heavy atom. The second-order valence-electron chi connectivity index (χ2n) is 4.74. The first kappa shape index (κ1) is 11.1. The molecule has 0 atom stereocenters. The maximum Gasteiger partial charge on any atom is 0.0896 e. The summed E-state index contributed by atoms with van der Waals surface area (Å²) >= 11 is 1.77. The molecule has 2 nitrogen and oxygen atoms in total. The Labute approximate surface area is 95.4 Å². The lowest BCUT2D eigenvalue weighted by atomic mass is 9.72. The number of aromatic nitrogens is 1. The van der Waals surface area contributed by atoms with Crippen molar-refractivity contribution in [2.45, 2.75) is 45.4 Å². The molecule has 1 aromatic heterocycles. The molecule has 1 N–H and O–H groups in total. The molecule has 3 heteroatoms. The molecule has 15 heavy (non-hydrogen) atoms. The molecule has 1 aliphatic rings. The van der Waals surface area contributed by atoms with Gasteiger partial charge in [0.2, 0.25) is 0 Å². The lowest BCUT2D eigenvalue weighted by molar-refractivity contribution is 0.0831. The molecule has 2 rings (SSSR count). The van der Waals surface area contributed by atoms with E-state index in [0.29, 0.717) is 6.61 Å². The van der Waals surface area contributed by atoms with Crippen molar-refractivity contribution in [3.8, 4) is 0 Å². The molecule has 1 saturated carbocycles. The van der Waals surface area contributed by atoms with E-state index in [9.17, 15) is 5.11 Å². The van der Waals surface area contributed by atoms with E-state index < -0.39 is 0 Å². The van der Waals surface area contributed by atoms with Crippen LogP contribution in [0.1, 0.15) is 42.0 Å². The zero-order valence-electron chi connectivity index (χ0n) is 9.33. The van der Waals surface area contributed by atoms with Crippen molar-refractivity contribution in [3.05, 3.63) is 16.1 Å². The largest absolute Gasteiger partial charge is 0.396 e. The smallest absolute Gasteiger partial charge is 0.0896 e. The molecular weight excluding hydrogens is 206 g/mol. The summed E-state index contributed by atoms with van der Waals surface area (Å²) in [5.74, 6) is 0. The van der Waals surface area contributed by atoms with E-state index in [1.807, 2.05) is 13.1 Å². The zero-order valence-corrected chi connectivity index (χ0v) is 10.1. The van der Waals surface area contributed by atoms with Crippen LogP contribution < -0.4 is 0 Å². The molecule has 1 fully saturated rings. The number of nitrogens with zero attached hydrogens (tertiary/aromatic N) is 1. The molecule has 0 unspecified atom stereocenters. The summed E-state index contributed by atoms with van der Waals surface area (Å²) in [6.07, 6.45) is 9.25. The minimum absolute atomic E-state index is 0.164. The number of aryl methyl sites for hydroxylation is 1. The van der Waals surface area contributed by atoms with Gasteiger partial charge in [0.25, 0.3) is 0 Å². The molecule has 0 aromatic carbocycles. The van der Waals surface area contributed by atoms with E-state index >= 15 is 0 Å². The highest BCUT2D eigenvalue weighted by atomic mass is 32.1. The van der Waals surface area contributed by atoms with Crippen LogP contribution in [0.25, 0.3) is 0 Å². The quantitative estimate of drug-likeness (QED) is 0.858. The number of aliphatic hydroxyl groups excluding tert-OH is 1. The lowest BCUT2D eigenvalue weighted by Gasteiger charge is -2.35. The zero-order chi connectivity index (χ0) is 10.7. The fraction of sp³-hybridized carbons (Fsp3) is 0.750. The minimum atomic E-state index is 0.164. The van der Waals surface area contributed by atoms with Crippen molar-refractivity contribution in [2.75, 3.05) is 6.61 Å². The Kier molecular flexibility index (Phi) is 3.42. The first-order valence-corrected chi connectivity index (χ1v) is 6.58. The van der Waals surface area contributed by atoms with Gasteiger partial charge in [-0.05, 0) is 31.6 Å². The Morgan fingerprint density at radius 2 is 2.13 bits per heavy atom. The van der Waals surface area contributed by atoms with Gasteiger partial charge in [0.05, 0.1) is 5.01 Å². The topological polar surface area (TPSA) is 33.1 Å². The van der Waals surface area contributed by atoms with Gasteiger partial charge in [-0.15, -0.1) is 11.3 Å². The number of aliphatic hydroxyl groups is 1. The van der Waals surface area contributed by atoms with Crippen LogP contribution in [-0.4, -0.2) is 16.7 Å². The van der Waals surface area contributed by atoms with Crippen LogP contribution in [0.4, 0.5) is 0 Å². The van der Waals surface area contributed by atoms with Crippen LogP contribution in [-0.2, 0) is 6.42 Å². The Hall–Kier alpha value is -0.410. The molecule has 0 bridgehead atoms. The summed E-state index contributed by atoms with van der Waals surface area (Å²) in [7, 11) is 0. The first-order chi connectivity index (χ1) is 7.24. The third-order valence-electron chi connectivity index (χ3n) is 3.47. The van der Waals surface area contributed by atoms with E-state index in [4.69, 9.17) is 0 Å². The van der Waals surface area contributed by atoms with E-state index in [1.165, 1.54) is 37.0 Å². The first-order valence-electron chi connectivity index (χ1n) is 5.76. The van der Waals surface area contributed by atoms with Crippen LogP contribution in [0, 0.1) is 12.3 Å². The van der Waals surface area contributed by atoms with Gasteiger partial charge in [-0.1, -0.05) is 19.3 Å². The summed E-state index contributed by atoms with van der Waals surface area (Å²) in [4.78, 5) is 5.62. The summed E-state index contributed by atoms with van der Waals surface area (Å²) in [5, 5.41) is 10.7. The summed E-state index contributed by atoms with van der Waals surface area (Å²) in [6.45, 7) is 2.38. The molecule has 0 amide bonds. The predicted molar refractivity (Wildman–Crippen MR) is 63.2 cm³/mol. The van der Waals surface area contributed by atoms with Gasteiger partial charge in [0, 0.05) is 17.7 Å². The Bertz CT molecular complexity index is 315. The van der Waals surface area contributed by atoms with E-state index in [0.717, 1.165) is 11.4 Å². The van der Waals surface area contributed by atoms with E-state index in [2.05, 4.69) is 4.98 Å². The number of thiazole rings is 1. The standard InChI is InChI=1S/C12H19NOS/c1-10-13-8-11(15-10)7-12(9-14)5-3-2-4-6-12/h8,14H,2-7,9H2,1H3. The van der Waals surface area contributed by atoms with Crippen molar-refractivity contribution in [3.63, 3.8) is 0 Å². The predicted octanol–water partition coefficient (Wildman–Crippen LogP) is 2.94. The molecule has 1 aromatic rings. The molecule has 84 valence electrons. The third kappa shape index (κ3) is 2.58. The molecule has 1 aliphatic carbocycles. The highest BCUT2D eigenvalue weighted by Crippen LogP contribution is 2.39. The van der Waals surface area contributed by atoms with Crippen LogP contribution >= 0.6 is 11.3 Å². The molecule has 0 saturated heterocycles. The summed E-state index contributed by atoms with van der Waals surface area (Å²) in [5.41, 5.74) is 0.164. The maximum atomic E-state index is 9.59. The second kappa shape index (κ2) is 4.62. The number of hydrogen-bond donors (Lipinski definition) is 1. The van der Waals surface area contributed by atoms with Gasteiger partial charge in [-0.2, -0.15) is 0 Å². The third-order valence-corrected chi connectivity index (χ3v) is 4.38. The van der Waals surface area contributed by atoms with Crippen molar-refractivity contribution in [1.29, 1.82) is 0 Å². The normalized spacial score (nSPS) is 20.4. The molecule has 0 radical (unpaired) electrons. The Balaban J connectivity index is 2.06. The summed E-state index contributed by atoms with van der Waals surface area (Å²) < 4.78 is 0. The number of rotatable bonds is 3. The van der Waals surface area contributed by atoms with Gasteiger partial charge >= 0.3 is 0 Å². The van der Waals surface area contributed by atoms with Gasteiger partial charge in [0.1, 0.15) is 0 Å². The minimum Gasteiger partial charge on any atom is -0.396 e. The van der Waals surface area contributed by atoms with Gasteiger partial charge in [0.15, 0.2) is 0 Å². The highest BCUT2D eigenvalue weighted by molar-refractivity contribution is 7.11. The number of hydrogen-bond acceptors (Lipinski definition) is 3. The van der Waals surface area contributed by atoms with Gasteiger partial charge in [-0.25, -0.2) is 4.98 Å². The van der Waals surface area contributed by atoms with Crippen molar-refractivity contribution in [2.24, 2.45) is 5.41 Å². The average Bonchev–Trinajstić information content (AvgIpc) is 2.65. The van der Waals surface area contributed by atoms with E-state index in [1.54, 1.807) is 11.3 Å². The van der Waals surface area contributed by atoms with Crippen LogP contribution in [0.3, 0.4) is 0 Å². The lowest BCUT2D eigenvalue weighted by Crippen LogP contribution is -2.30. The van der Waals surface area contributed by atoms with Gasteiger partial charge < -0.3 is 5.11 Å². The van der Waals surface area contributed by atoms with E-state index in [-0.39, 0.29) is 5.41 Å². The monoisotopic (exact) mass is 225 g/mol. The van der Waals surface area contributed by atoms with Crippen LogP contribution in [0.5, 0.6) is 0 Å². The molecule has 0 spiro atoms. The molecular formula is C12H19NOS. The molecule has 0 aliphatic heterocycles. The van der Waals surface area contributed by atoms with Crippen LogP contribution in [0.2, 0.25) is 0 Å². The SMILES string of the molecule is Cc1ncc(CC2(CO)CCCCC2)s1. The Morgan fingerprint density at radius 3 is 2.67 bits per heavy atom. The van der Waals surface area contributed by atoms with Crippen molar-refractivity contribution in [1.82, 2.24) is 4.98 Å². The van der Waals surface area contributed by atoms with Crippen LogP contribution in [0.15, 0.2) is 6.20 Å². The fourth-order valence-electron chi connectivity index (χ4n) is 2.55. The second-order valence-corrected chi connectivity index (χ2v) is 6.06.